The Labute approximate surface area is 228 Å². The van der Waals surface area contributed by atoms with Crippen LogP contribution in [0.25, 0.3) is 10.4 Å². The highest BCUT2D eigenvalue weighted by molar-refractivity contribution is 7.91. The van der Waals surface area contributed by atoms with Gasteiger partial charge in [-0.25, -0.2) is 13.2 Å². The van der Waals surface area contributed by atoms with Gasteiger partial charge >= 0.3 is 5.97 Å². The number of thiophene rings is 1. The van der Waals surface area contributed by atoms with Crippen molar-refractivity contribution in [1.82, 2.24) is 10.0 Å². The molecule has 1 fully saturated rings. The number of ether oxygens (including phenoxy) is 1. The molecule has 4 rings (SSSR count). The molecule has 2 N–H and O–H groups in total. The highest BCUT2D eigenvalue weighted by Gasteiger charge is 2.75. The number of sulfonamides is 1. The first kappa shape index (κ1) is 27.8. The lowest BCUT2D eigenvalue weighted by Crippen LogP contribution is -2.53. The molecule has 0 saturated heterocycles. The lowest BCUT2D eigenvalue weighted by molar-refractivity contribution is -0.159. The third-order valence-electron chi connectivity index (χ3n) is 6.43. The van der Waals surface area contributed by atoms with E-state index in [1.165, 1.54) is 0 Å². The third kappa shape index (κ3) is 5.78. The summed E-state index contributed by atoms with van der Waals surface area (Å²) in [5, 5.41) is 4.03. The Balaban J connectivity index is 1.74. The second kappa shape index (κ2) is 10.2. The molecule has 9 heteroatoms. The van der Waals surface area contributed by atoms with Crippen molar-refractivity contribution in [3.05, 3.63) is 77.3 Å². The molecule has 2 aromatic carbocycles. The van der Waals surface area contributed by atoms with Crippen molar-refractivity contribution < 1.29 is 17.9 Å². The second-order valence-electron chi connectivity index (χ2n) is 10.8. The molecule has 37 heavy (non-hydrogen) atoms. The van der Waals surface area contributed by atoms with Crippen LogP contribution in [0.2, 0.25) is 5.02 Å². The van der Waals surface area contributed by atoms with Gasteiger partial charge < -0.3 is 10.1 Å². The van der Waals surface area contributed by atoms with Gasteiger partial charge in [0, 0.05) is 27.9 Å². The summed E-state index contributed by atoms with van der Waals surface area (Å²) in [5.41, 5.74) is -1.29. The number of esters is 1. The van der Waals surface area contributed by atoms with E-state index in [1.807, 2.05) is 56.3 Å². The number of hydrogen-bond donors (Lipinski definition) is 2. The normalized spacial score (nSPS) is 21.7. The summed E-state index contributed by atoms with van der Waals surface area (Å²) >= 11 is 7.15. The van der Waals surface area contributed by atoms with Crippen molar-refractivity contribution in [1.29, 1.82) is 0 Å². The molecule has 1 aliphatic carbocycles. The van der Waals surface area contributed by atoms with E-state index in [4.69, 9.17) is 16.3 Å². The Bertz CT molecular complexity index is 1370. The minimum absolute atomic E-state index is 0.131. The van der Waals surface area contributed by atoms with Crippen molar-refractivity contribution in [2.24, 2.45) is 0 Å². The largest absolute Gasteiger partial charge is 0.459 e. The van der Waals surface area contributed by atoms with Gasteiger partial charge in [-0.05, 0) is 62.6 Å². The van der Waals surface area contributed by atoms with Crippen LogP contribution in [0.1, 0.15) is 46.6 Å². The molecule has 2 atom stereocenters. The molecule has 1 saturated carbocycles. The highest BCUT2D eigenvalue weighted by Crippen LogP contribution is 2.59. The smallest absolute Gasteiger partial charge is 0.328 e. The van der Waals surface area contributed by atoms with Gasteiger partial charge in [0.05, 0.1) is 0 Å². The lowest BCUT2D eigenvalue weighted by atomic mass is 9.90. The lowest BCUT2D eigenvalue weighted by Gasteiger charge is -2.30. The minimum atomic E-state index is -4.06. The number of hydrogen-bond acceptors (Lipinski definition) is 6. The fraction of sp³-hybridized carbons (Fsp3) is 0.393. The summed E-state index contributed by atoms with van der Waals surface area (Å²) in [5.74, 6) is -0.576. The van der Waals surface area contributed by atoms with Crippen LogP contribution in [-0.2, 0) is 25.0 Å². The highest BCUT2D eigenvalue weighted by atomic mass is 35.5. The number of carbonyl (C=O) groups is 1. The topological polar surface area (TPSA) is 84.5 Å². The van der Waals surface area contributed by atoms with Crippen LogP contribution in [0.3, 0.4) is 0 Å². The Morgan fingerprint density at radius 1 is 1.05 bits per heavy atom. The molecule has 0 bridgehead atoms. The zero-order valence-corrected chi connectivity index (χ0v) is 24.1. The molecule has 6 nitrogen and oxygen atoms in total. The van der Waals surface area contributed by atoms with Gasteiger partial charge in [-0.15, -0.1) is 11.3 Å². The Morgan fingerprint density at radius 2 is 1.70 bits per heavy atom. The van der Waals surface area contributed by atoms with E-state index in [1.54, 1.807) is 45.0 Å². The Kier molecular flexibility index (Phi) is 7.63. The monoisotopic (exact) mass is 560 g/mol. The van der Waals surface area contributed by atoms with Gasteiger partial charge in [0.2, 0.25) is 0 Å². The van der Waals surface area contributed by atoms with Crippen LogP contribution in [0, 0.1) is 0 Å². The van der Waals surface area contributed by atoms with Gasteiger partial charge in [0.25, 0.3) is 10.0 Å². The third-order valence-corrected chi connectivity index (χ3v) is 9.80. The quantitative estimate of drug-likeness (QED) is 0.325. The number of carbonyl (C=O) groups excluding carboxylic acids is 1. The zero-order chi connectivity index (χ0) is 27.1. The summed E-state index contributed by atoms with van der Waals surface area (Å²) in [6, 6.07) is 20.3. The predicted octanol–water partition coefficient (Wildman–Crippen LogP) is 5.77. The summed E-state index contributed by atoms with van der Waals surface area (Å²) in [6.07, 6.45) is 0.285. The number of halogens is 1. The van der Waals surface area contributed by atoms with E-state index in [0.717, 1.165) is 27.3 Å². The van der Waals surface area contributed by atoms with E-state index in [0.29, 0.717) is 11.6 Å². The molecule has 0 amide bonds. The van der Waals surface area contributed by atoms with Crippen LogP contribution in [-0.4, -0.2) is 38.1 Å². The van der Waals surface area contributed by atoms with Gasteiger partial charge in [0.1, 0.15) is 15.3 Å². The summed E-state index contributed by atoms with van der Waals surface area (Å²) in [7, 11) is -4.06. The van der Waals surface area contributed by atoms with Crippen molar-refractivity contribution in [3.8, 4) is 10.4 Å². The minimum Gasteiger partial charge on any atom is -0.459 e. The molecule has 0 aliphatic heterocycles. The molecule has 0 spiro atoms. The second-order valence-corrected chi connectivity index (χ2v) is 14.2. The van der Waals surface area contributed by atoms with E-state index in [9.17, 15) is 13.2 Å². The predicted molar refractivity (Wildman–Crippen MR) is 150 cm³/mol. The maximum Gasteiger partial charge on any atom is 0.328 e. The number of nitrogens with one attached hydrogen (secondary N) is 2. The fourth-order valence-corrected chi connectivity index (χ4v) is 7.39. The van der Waals surface area contributed by atoms with E-state index < -0.39 is 32.5 Å². The maximum atomic E-state index is 13.8. The van der Waals surface area contributed by atoms with Crippen molar-refractivity contribution in [2.75, 3.05) is 6.54 Å². The molecule has 1 aromatic heterocycles. The Morgan fingerprint density at radius 3 is 2.30 bits per heavy atom. The standard InChI is InChI=1S/C28H33ClN2O4S2/c1-19(2)30-18-27(21-9-7-6-8-10-21)17-28(27,25(32)35-26(3,4)5)31-37(33,34)24-16-15-23(36-24)20-11-13-22(29)14-12-20/h6-16,19,30-31H,17-18H2,1-5H3. The van der Waals surface area contributed by atoms with E-state index in [2.05, 4.69) is 10.0 Å². The average molecular weight is 561 g/mol. The molecule has 0 radical (unpaired) electrons. The first-order valence-electron chi connectivity index (χ1n) is 12.2. The number of benzene rings is 2. The fourth-order valence-electron chi connectivity index (χ4n) is 4.53. The molecule has 1 aliphatic rings. The molecular formula is C28H33ClN2O4S2. The first-order valence-corrected chi connectivity index (χ1v) is 14.9. The molecule has 3 aromatic rings. The van der Waals surface area contributed by atoms with Gasteiger partial charge in [-0.1, -0.05) is 67.9 Å². The molecule has 198 valence electrons. The van der Waals surface area contributed by atoms with Crippen LogP contribution < -0.4 is 10.0 Å². The van der Waals surface area contributed by atoms with Crippen molar-refractivity contribution in [3.63, 3.8) is 0 Å². The average Bonchev–Trinajstić information content (AvgIpc) is 3.19. The molecular weight excluding hydrogens is 528 g/mol. The first-order chi connectivity index (χ1) is 17.3. The van der Waals surface area contributed by atoms with E-state index >= 15 is 0 Å². The van der Waals surface area contributed by atoms with Gasteiger partial charge in [0.15, 0.2) is 0 Å². The van der Waals surface area contributed by atoms with Crippen molar-refractivity contribution in [2.45, 2.75) is 67.8 Å². The molecule has 2 unspecified atom stereocenters. The van der Waals surface area contributed by atoms with Crippen LogP contribution in [0.5, 0.6) is 0 Å². The maximum absolute atomic E-state index is 13.8. The number of rotatable bonds is 9. The van der Waals surface area contributed by atoms with Crippen LogP contribution >= 0.6 is 22.9 Å². The van der Waals surface area contributed by atoms with Crippen molar-refractivity contribution >= 4 is 38.9 Å². The Hall–Kier alpha value is -2.23. The summed E-state index contributed by atoms with van der Waals surface area (Å²) < 4.78 is 36.3. The summed E-state index contributed by atoms with van der Waals surface area (Å²) in [6.45, 7) is 9.79. The van der Waals surface area contributed by atoms with E-state index in [-0.39, 0.29) is 16.7 Å². The van der Waals surface area contributed by atoms with Gasteiger partial charge in [-0.3, -0.25) is 0 Å². The zero-order valence-electron chi connectivity index (χ0n) is 21.7. The molecule has 1 heterocycles. The van der Waals surface area contributed by atoms with Gasteiger partial charge in [-0.2, -0.15) is 4.72 Å². The summed E-state index contributed by atoms with van der Waals surface area (Å²) in [4.78, 5) is 14.5. The van der Waals surface area contributed by atoms with Crippen LogP contribution in [0.15, 0.2) is 70.9 Å². The SMILES string of the molecule is CC(C)NCC1(c2ccccc2)CC1(NS(=O)(=O)c1ccc(-c2ccc(Cl)cc2)s1)C(=O)OC(C)(C)C. The van der Waals surface area contributed by atoms with Crippen LogP contribution in [0.4, 0.5) is 0 Å².